The number of ether oxygens (including phenoxy) is 2. The Morgan fingerprint density at radius 1 is 1.23 bits per heavy atom. The molecule has 0 aliphatic carbocycles. The first kappa shape index (κ1) is 14.5. The van der Waals surface area contributed by atoms with Crippen molar-refractivity contribution in [3.8, 4) is 17.2 Å². The van der Waals surface area contributed by atoms with E-state index >= 15 is 0 Å². The van der Waals surface area contributed by atoms with Gasteiger partial charge >= 0.3 is 0 Å². The average Bonchev–Trinajstić information content (AvgIpc) is 2.49. The number of aromatic hydroxyl groups is 1. The van der Waals surface area contributed by atoms with Crippen molar-refractivity contribution in [1.29, 1.82) is 0 Å². The Bertz CT molecular complexity index is 717. The molecule has 0 unspecified atom stereocenters. The van der Waals surface area contributed by atoms with E-state index in [9.17, 15) is 9.90 Å². The van der Waals surface area contributed by atoms with E-state index in [1.807, 2.05) is 0 Å². The molecule has 6 heteroatoms. The van der Waals surface area contributed by atoms with Crippen LogP contribution in [0.4, 0.5) is 5.69 Å². The zero-order valence-corrected chi connectivity index (χ0v) is 12.4. The second-order valence-electron chi connectivity index (χ2n) is 4.84. The zero-order chi connectivity index (χ0) is 15.5. The number of halogens is 1. The van der Waals surface area contributed by atoms with Gasteiger partial charge in [-0.3, -0.25) is 4.79 Å². The molecule has 1 heterocycles. The first-order valence-electron chi connectivity index (χ1n) is 6.79. The lowest BCUT2D eigenvalue weighted by Gasteiger charge is -2.20. The molecule has 0 radical (unpaired) electrons. The number of hydrogen-bond acceptors (Lipinski definition) is 4. The summed E-state index contributed by atoms with van der Waals surface area (Å²) in [4.78, 5) is 12.1. The number of carbonyl (C=O) groups is 1. The fourth-order valence-electron chi connectivity index (χ4n) is 2.23. The summed E-state index contributed by atoms with van der Waals surface area (Å²) in [7, 11) is 0. The number of anilines is 1. The summed E-state index contributed by atoms with van der Waals surface area (Å²) in [5, 5.41) is 12.7. The lowest BCUT2D eigenvalue weighted by molar-refractivity contribution is -0.115. The third kappa shape index (κ3) is 3.09. The van der Waals surface area contributed by atoms with E-state index in [1.165, 1.54) is 6.07 Å². The van der Waals surface area contributed by atoms with Gasteiger partial charge < -0.3 is 19.9 Å². The number of hydrogen-bond donors (Lipinski definition) is 2. The van der Waals surface area contributed by atoms with Crippen LogP contribution in [0.25, 0.3) is 0 Å². The first-order chi connectivity index (χ1) is 10.6. The van der Waals surface area contributed by atoms with Gasteiger partial charge in [0.1, 0.15) is 19.0 Å². The molecular weight excluding hydrogens is 306 g/mol. The van der Waals surface area contributed by atoms with Gasteiger partial charge in [-0.15, -0.1) is 0 Å². The average molecular weight is 320 g/mol. The summed E-state index contributed by atoms with van der Waals surface area (Å²) >= 11 is 6.14. The second kappa shape index (κ2) is 6.15. The van der Waals surface area contributed by atoms with Crippen molar-refractivity contribution in [2.45, 2.75) is 6.42 Å². The molecule has 0 aromatic heterocycles. The lowest BCUT2D eigenvalue weighted by atomic mass is 10.1. The van der Waals surface area contributed by atoms with Gasteiger partial charge in [0.15, 0.2) is 11.5 Å². The molecule has 0 atom stereocenters. The van der Waals surface area contributed by atoms with Crippen molar-refractivity contribution in [2.75, 3.05) is 18.5 Å². The van der Waals surface area contributed by atoms with Crippen LogP contribution in [0.1, 0.15) is 5.56 Å². The Balaban J connectivity index is 1.74. The molecule has 1 amide bonds. The van der Waals surface area contributed by atoms with Crippen LogP contribution in [0.3, 0.4) is 0 Å². The van der Waals surface area contributed by atoms with E-state index < -0.39 is 0 Å². The summed E-state index contributed by atoms with van der Waals surface area (Å²) in [5.41, 5.74) is 1.08. The third-order valence-corrected chi connectivity index (χ3v) is 3.48. The number of rotatable bonds is 3. The summed E-state index contributed by atoms with van der Waals surface area (Å²) in [5.74, 6) is 0.826. The number of benzene rings is 2. The molecule has 2 N–H and O–H groups in total. The standard InChI is InChI=1S/C16H14ClNO4/c17-11-7-10(8-14-16(11)22-6-5-21-14)9-15(20)18-12-3-1-2-4-13(12)19/h1-4,7-8,19H,5-6,9H2,(H,18,20). The third-order valence-electron chi connectivity index (χ3n) is 3.20. The molecule has 0 saturated carbocycles. The van der Waals surface area contributed by atoms with Gasteiger partial charge in [-0.1, -0.05) is 23.7 Å². The molecule has 5 nitrogen and oxygen atoms in total. The van der Waals surface area contributed by atoms with Crippen LogP contribution in [0.2, 0.25) is 5.02 Å². The maximum Gasteiger partial charge on any atom is 0.228 e. The topological polar surface area (TPSA) is 67.8 Å². The van der Waals surface area contributed by atoms with E-state index in [0.717, 1.165) is 0 Å². The Hall–Kier alpha value is -2.40. The van der Waals surface area contributed by atoms with Crippen LogP contribution in [-0.4, -0.2) is 24.2 Å². The smallest absolute Gasteiger partial charge is 0.228 e. The fraction of sp³-hybridized carbons (Fsp3) is 0.188. The maximum absolute atomic E-state index is 12.1. The van der Waals surface area contributed by atoms with Gasteiger partial charge in [-0.25, -0.2) is 0 Å². The minimum absolute atomic E-state index is 0.0241. The molecule has 2 aromatic carbocycles. The van der Waals surface area contributed by atoms with Crippen LogP contribution in [0.5, 0.6) is 17.2 Å². The van der Waals surface area contributed by atoms with Crippen LogP contribution < -0.4 is 14.8 Å². The van der Waals surface area contributed by atoms with E-state index in [2.05, 4.69) is 5.32 Å². The highest BCUT2D eigenvalue weighted by atomic mass is 35.5. The minimum atomic E-state index is -0.255. The summed E-state index contributed by atoms with van der Waals surface area (Å²) < 4.78 is 10.9. The Kier molecular flexibility index (Phi) is 4.06. The summed E-state index contributed by atoms with van der Waals surface area (Å²) in [6.45, 7) is 0.913. The van der Waals surface area contributed by atoms with Crippen LogP contribution in [-0.2, 0) is 11.2 Å². The fourth-order valence-corrected chi connectivity index (χ4v) is 2.51. The van der Waals surface area contributed by atoms with Crippen molar-refractivity contribution in [2.24, 2.45) is 0 Å². The highest BCUT2D eigenvalue weighted by Crippen LogP contribution is 2.38. The molecule has 2 aromatic rings. The number of fused-ring (bicyclic) bond motifs is 1. The van der Waals surface area contributed by atoms with Gasteiger partial charge in [-0.2, -0.15) is 0 Å². The largest absolute Gasteiger partial charge is 0.506 e. The van der Waals surface area contributed by atoms with Crippen molar-refractivity contribution in [3.63, 3.8) is 0 Å². The number of phenols is 1. The molecule has 114 valence electrons. The predicted molar refractivity (Wildman–Crippen MR) is 82.9 cm³/mol. The highest BCUT2D eigenvalue weighted by molar-refractivity contribution is 6.32. The molecule has 0 spiro atoms. The Morgan fingerprint density at radius 2 is 2.00 bits per heavy atom. The Labute approximate surface area is 132 Å². The normalized spacial score (nSPS) is 12.8. The van der Waals surface area contributed by atoms with E-state index in [-0.39, 0.29) is 18.1 Å². The monoisotopic (exact) mass is 319 g/mol. The van der Waals surface area contributed by atoms with Gasteiger partial charge in [0.25, 0.3) is 0 Å². The quantitative estimate of drug-likeness (QED) is 0.853. The Morgan fingerprint density at radius 3 is 2.82 bits per heavy atom. The van der Waals surface area contributed by atoms with Crippen LogP contribution >= 0.6 is 11.6 Å². The number of amides is 1. The molecule has 1 aliphatic rings. The van der Waals surface area contributed by atoms with Gasteiger partial charge in [-0.05, 0) is 29.8 Å². The van der Waals surface area contributed by atoms with E-state index in [0.29, 0.717) is 41.0 Å². The second-order valence-corrected chi connectivity index (χ2v) is 5.25. The predicted octanol–water partition coefficient (Wildman–Crippen LogP) is 3.00. The molecule has 0 bridgehead atoms. The number of para-hydroxylation sites is 2. The van der Waals surface area contributed by atoms with E-state index in [4.69, 9.17) is 21.1 Å². The number of nitrogens with one attached hydrogen (secondary N) is 1. The van der Waals surface area contributed by atoms with Crippen LogP contribution in [0.15, 0.2) is 36.4 Å². The van der Waals surface area contributed by atoms with Crippen molar-refractivity contribution in [3.05, 3.63) is 47.0 Å². The highest BCUT2D eigenvalue weighted by Gasteiger charge is 2.18. The van der Waals surface area contributed by atoms with Crippen molar-refractivity contribution < 1.29 is 19.4 Å². The van der Waals surface area contributed by atoms with Crippen molar-refractivity contribution >= 4 is 23.2 Å². The molecule has 0 fully saturated rings. The molecule has 3 rings (SSSR count). The van der Waals surface area contributed by atoms with Gasteiger partial charge in [0.05, 0.1) is 17.1 Å². The first-order valence-corrected chi connectivity index (χ1v) is 7.17. The van der Waals surface area contributed by atoms with Crippen molar-refractivity contribution in [1.82, 2.24) is 0 Å². The minimum Gasteiger partial charge on any atom is -0.506 e. The number of phenolic OH excluding ortho intramolecular Hbond substituents is 1. The van der Waals surface area contributed by atoms with Gasteiger partial charge in [0, 0.05) is 0 Å². The lowest BCUT2D eigenvalue weighted by Crippen LogP contribution is -2.17. The zero-order valence-electron chi connectivity index (χ0n) is 11.6. The summed E-state index contributed by atoms with van der Waals surface area (Å²) in [6.07, 6.45) is 0.116. The SMILES string of the molecule is O=C(Cc1cc(Cl)c2c(c1)OCCO2)Nc1ccccc1O. The van der Waals surface area contributed by atoms with Crippen LogP contribution in [0, 0.1) is 0 Å². The molecule has 1 aliphatic heterocycles. The summed E-state index contributed by atoms with van der Waals surface area (Å²) in [6, 6.07) is 9.98. The maximum atomic E-state index is 12.1. The molecule has 0 saturated heterocycles. The van der Waals surface area contributed by atoms with E-state index in [1.54, 1.807) is 30.3 Å². The molecule has 22 heavy (non-hydrogen) atoms. The molecular formula is C16H14ClNO4. The number of carbonyl (C=O) groups excluding carboxylic acids is 1. The van der Waals surface area contributed by atoms with Gasteiger partial charge in [0.2, 0.25) is 5.91 Å².